The molecule has 2 heterocycles. The zero-order valence-electron chi connectivity index (χ0n) is 8.96. The van der Waals surface area contributed by atoms with Crippen LogP contribution in [0.1, 0.15) is 18.4 Å². The summed E-state index contributed by atoms with van der Waals surface area (Å²) in [7, 11) is 0. The third-order valence-electron chi connectivity index (χ3n) is 2.54. The molecular formula is C10H13ClN4O. The second kappa shape index (κ2) is 4.65. The number of carbonyl (C=O) groups excluding carboxylic acids is 1. The van der Waals surface area contributed by atoms with E-state index in [1.54, 1.807) is 6.20 Å². The smallest absolute Gasteiger partial charge is 0.242 e. The van der Waals surface area contributed by atoms with E-state index in [2.05, 4.69) is 20.6 Å². The van der Waals surface area contributed by atoms with Crippen LogP contribution >= 0.6 is 11.6 Å². The summed E-state index contributed by atoms with van der Waals surface area (Å²) in [6.07, 6.45) is 3.42. The third kappa shape index (κ3) is 2.41. The number of nitrogens with one attached hydrogen (secondary N) is 2. The molecule has 86 valence electrons. The SMILES string of the molecule is Cc1cnc(Cl)nc1NC1CCCNC1=O. The van der Waals surface area contributed by atoms with Crippen molar-refractivity contribution >= 4 is 23.3 Å². The Morgan fingerprint density at radius 2 is 2.44 bits per heavy atom. The van der Waals surface area contributed by atoms with E-state index >= 15 is 0 Å². The molecule has 1 saturated heterocycles. The molecule has 2 rings (SSSR count). The number of aromatic nitrogens is 2. The molecule has 16 heavy (non-hydrogen) atoms. The number of piperidine rings is 1. The summed E-state index contributed by atoms with van der Waals surface area (Å²) in [6.45, 7) is 2.62. The third-order valence-corrected chi connectivity index (χ3v) is 2.72. The molecule has 0 saturated carbocycles. The normalized spacial score (nSPS) is 20.4. The van der Waals surface area contributed by atoms with Gasteiger partial charge in [0.1, 0.15) is 11.9 Å². The summed E-state index contributed by atoms with van der Waals surface area (Å²) in [5.41, 5.74) is 0.878. The van der Waals surface area contributed by atoms with E-state index in [0.717, 1.165) is 24.9 Å². The highest BCUT2D eigenvalue weighted by atomic mass is 35.5. The number of amides is 1. The van der Waals surface area contributed by atoms with Gasteiger partial charge in [0.2, 0.25) is 11.2 Å². The summed E-state index contributed by atoms with van der Waals surface area (Å²) in [5.74, 6) is 0.641. The van der Waals surface area contributed by atoms with Crippen LogP contribution in [0, 0.1) is 6.92 Å². The molecule has 1 aromatic heterocycles. The van der Waals surface area contributed by atoms with Gasteiger partial charge in [-0.2, -0.15) is 0 Å². The van der Waals surface area contributed by atoms with Gasteiger partial charge in [-0.15, -0.1) is 0 Å². The second-order valence-corrected chi connectivity index (χ2v) is 4.14. The van der Waals surface area contributed by atoms with Crippen molar-refractivity contribution in [2.75, 3.05) is 11.9 Å². The van der Waals surface area contributed by atoms with Gasteiger partial charge in [0.15, 0.2) is 0 Å². The lowest BCUT2D eigenvalue weighted by Crippen LogP contribution is -2.44. The van der Waals surface area contributed by atoms with Gasteiger partial charge in [-0.3, -0.25) is 4.79 Å². The van der Waals surface area contributed by atoms with E-state index in [9.17, 15) is 4.79 Å². The average molecular weight is 241 g/mol. The molecule has 1 unspecified atom stereocenters. The highest BCUT2D eigenvalue weighted by Crippen LogP contribution is 2.16. The topological polar surface area (TPSA) is 66.9 Å². The molecule has 0 radical (unpaired) electrons. The zero-order valence-corrected chi connectivity index (χ0v) is 9.71. The Balaban J connectivity index is 2.13. The van der Waals surface area contributed by atoms with Crippen molar-refractivity contribution in [1.82, 2.24) is 15.3 Å². The van der Waals surface area contributed by atoms with Gasteiger partial charge in [0.25, 0.3) is 0 Å². The van der Waals surface area contributed by atoms with Crippen molar-refractivity contribution in [3.63, 3.8) is 0 Å². The Labute approximate surface area is 98.6 Å². The Bertz CT molecular complexity index is 410. The van der Waals surface area contributed by atoms with Crippen LogP contribution in [0.5, 0.6) is 0 Å². The van der Waals surface area contributed by atoms with E-state index < -0.39 is 0 Å². The molecule has 1 aliphatic heterocycles. The summed E-state index contributed by atoms with van der Waals surface area (Å²) < 4.78 is 0. The van der Waals surface area contributed by atoms with Gasteiger partial charge < -0.3 is 10.6 Å². The van der Waals surface area contributed by atoms with Crippen molar-refractivity contribution in [3.8, 4) is 0 Å². The van der Waals surface area contributed by atoms with Gasteiger partial charge in [-0.25, -0.2) is 9.97 Å². The van der Waals surface area contributed by atoms with Crippen LogP contribution in [0.3, 0.4) is 0 Å². The molecular weight excluding hydrogens is 228 g/mol. The van der Waals surface area contributed by atoms with Crippen LogP contribution in [0.2, 0.25) is 5.28 Å². The van der Waals surface area contributed by atoms with Crippen LogP contribution in [0.25, 0.3) is 0 Å². The van der Waals surface area contributed by atoms with Crippen LogP contribution in [-0.2, 0) is 4.79 Å². The molecule has 1 aliphatic rings. The highest BCUT2D eigenvalue weighted by Gasteiger charge is 2.22. The predicted molar refractivity (Wildman–Crippen MR) is 61.4 cm³/mol. The fraction of sp³-hybridized carbons (Fsp3) is 0.500. The fourth-order valence-corrected chi connectivity index (χ4v) is 1.77. The number of rotatable bonds is 2. The maximum Gasteiger partial charge on any atom is 0.242 e. The zero-order chi connectivity index (χ0) is 11.5. The first-order valence-electron chi connectivity index (χ1n) is 5.20. The lowest BCUT2D eigenvalue weighted by Gasteiger charge is -2.23. The van der Waals surface area contributed by atoms with E-state index in [-0.39, 0.29) is 17.2 Å². The standard InChI is InChI=1S/C10H13ClN4O/c1-6-5-13-10(11)15-8(6)14-7-3-2-4-12-9(7)16/h5,7H,2-4H2,1H3,(H,12,16)(H,13,14,15). The average Bonchev–Trinajstić information content (AvgIpc) is 2.27. The highest BCUT2D eigenvalue weighted by molar-refractivity contribution is 6.28. The molecule has 0 aromatic carbocycles. The number of hydrogen-bond donors (Lipinski definition) is 2. The molecule has 0 aliphatic carbocycles. The van der Waals surface area contributed by atoms with Crippen LogP contribution in [0.15, 0.2) is 6.20 Å². The Morgan fingerprint density at radius 3 is 3.19 bits per heavy atom. The van der Waals surface area contributed by atoms with Crippen molar-refractivity contribution in [2.24, 2.45) is 0 Å². The first kappa shape index (κ1) is 11.1. The van der Waals surface area contributed by atoms with Gasteiger partial charge in [-0.05, 0) is 31.4 Å². The van der Waals surface area contributed by atoms with Gasteiger partial charge in [0, 0.05) is 18.3 Å². The number of carbonyl (C=O) groups is 1. The minimum Gasteiger partial charge on any atom is -0.358 e. The van der Waals surface area contributed by atoms with E-state index in [1.807, 2.05) is 6.92 Å². The monoisotopic (exact) mass is 240 g/mol. The number of aryl methyl sites for hydroxylation is 1. The minimum absolute atomic E-state index is 0.0142. The number of hydrogen-bond acceptors (Lipinski definition) is 4. The largest absolute Gasteiger partial charge is 0.358 e. The second-order valence-electron chi connectivity index (χ2n) is 3.80. The van der Waals surface area contributed by atoms with E-state index in [1.165, 1.54) is 0 Å². The van der Waals surface area contributed by atoms with Crippen molar-refractivity contribution in [2.45, 2.75) is 25.8 Å². The number of nitrogens with zero attached hydrogens (tertiary/aromatic N) is 2. The summed E-state index contributed by atoms with van der Waals surface area (Å²) in [6, 6.07) is -0.224. The quantitative estimate of drug-likeness (QED) is 0.761. The van der Waals surface area contributed by atoms with Gasteiger partial charge >= 0.3 is 0 Å². The molecule has 1 atom stereocenters. The molecule has 0 spiro atoms. The summed E-state index contributed by atoms with van der Waals surface area (Å²) in [4.78, 5) is 19.5. The lowest BCUT2D eigenvalue weighted by molar-refractivity contribution is -0.123. The minimum atomic E-state index is -0.224. The molecule has 6 heteroatoms. The molecule has 5 nitrogen and oxygen atoms in total. The summed E-state index contributed by atoms with van der Waals surface area (Å²) >= 11 is 5.71. The molecule has 1 amide bonds. The van der Waals surface area contributed by atoms with E-state index in [0.29, 0.717) is 5.82 Å². The predicted octanol–water partition coefficient (Wildman–Crippen LogP) is 1.13. The Kier molecular flexibility index (Phi) is 3.24. The van der Waals surface area contributed by atoms with Crippen LogP contribution < -0.4 is 10.6 Å². The van der Waals surface area contributed by atoms with Gasteiger partial charge in [-0.1, -0.05) is 0 Å². The Hall–Kier alpha value is -1.36. The van der Waals surface area contributed by atoms with Crippen molar-refractivity contribution in [3.05, 3.63) is 17.0 Å². The maximum absolute atomic E-state index is 11.5. The lowest BCUT2D eigenvalue weighted by atomic mass is 10.1. The Morgan fingerprint density at radius 1 is 1.62 bits per heavy atom. The number of anilines is 1. The van der Waals surface area contributed by atoms with Crippen molar-refractivity contribution < 1.29 is 4.79 Å². The summed E-state index contributed by atoms with van der Waals surface area (Å²) in [5, 5.41) is 6.09. The van der Waals surface area contributed by atoms with E-state index in [4.69, 9.17) is 11.6 Å². The maximum atomic E-state index is 11.5. The van der Waals surface area contributed by atoms with Crippen molar-refractivity contribution in [1.29, 1.82) is 0 Å². The fourth-order valence-electron chi connectivity index (χ4n) is 1.64. The number of halogens is 1. The van der Waals surface area contributed by atoms with Gasteiger partial charge in [0.05, 0.1) is 0 Å². The first-order chi connectivity index (χ1) is 7.66. The molecule has 0 bridgehead atoms. The first-order valence-corrected chi connectivity index (χ1v) is 5.58. The van der Waals surface area contributed by atoms with Crippen LogP contribution in [0.4, 0.5) is 5.82 Å². The molecule has 2 N–H and O–H groups in total. The molecule has 1 fully saturated rings. The van der Waals surface area contributed by atoms with Crippen LogP contribution in [-0.4, -0.2) is 28.5 Å². The molecule has 1 aromatic rings.